The lowest BCUT2D eigenvalue weighted by atomic mass is 10.0. The Kier molecular flexibility index (Phi) is 4.46. The van der Waals surface area contributed by atoms with Gasteiger partial charge in [-0.3, -0.25) is 4.98 Å². The van der Waals surface area contributed by atoms with E-state index in [0.717, 1.165) is 29.1 Å². The zero-order valence-electron chi connectivity index (χ0n) is 13.5. The van der Waals surface area contributed by atoms with Gasteiger partial charge >= 0.3 is 0 Å². The number of aliphatic imine (C=N–C) groups is 1. The zero-order chi connectivity index (χ0) is 16.2. The Balaban J connectivity index is 1.67. The molecule has 0 fully saturated rings. The first kappa shape index (κ1) is 15.3. The number of pyridine rings is 1. The lowest BCUT2D eigenvalue weighted by Crippen LogP contribution is -2.37. The van der Waals surface area contributed by atoms with Crippen LogP contribution in [0.3, 0.4) is 0 Å². The van der Waals surface area contributed by atoms with Crippen LogP contribution in [0.15, 0.2) is 41.4 Å². The van der Waals surface area contributed by atoms with Gasteiger partial charge in [0.1, 0.15) is 5.75 Å². The topological polar surface area (TPSA) is 72.5 Å². The number of nitrogens with two attached hydrogens (primary N) is 1. The maximum Gasteiger partial charge on any atom is 0.189 e. The zero-order valence-corrected chi connectivity index (χ0v) is 13.5. The van der Waals surface area contributed by atoms with Crippen LogP contribution in [-0.4, -0.2) is 17.6 Å². The molecule has 0 aliphatic carbocycles. The SMILES string of the molecule is Cc1ccc(CN=C(N)NC2CCOc3ccccc32)nc1C. The number of hydrogen-bond acceptors (Lipinski definition) is 3. The predicted molar refractivity (Wildman–Crippen MR) is 91.5 cm³/mol. The summed E-state index contributed by atoms with van der Waals surface area (Å²) in [6.07, 6.45) is 0.870. The summed E-state index contributed by atoms with van der Waals surface area (Å²) in [5, 5.41) is 3.29. The highest BCUT2D eigenvalue weighted by molar-refractivity contribution is 5.78. The van der Waals surface area contributed by atoms with E-state index in [4.69, 9.17) is 10.5 Å². The molecule has 1 aliphatic rings. The van der Waals surface area contributed by atoms with Gasteiger partial charge in [0, 0.05) is 17.7 Å². The van der Waals surface area contributed by atoms with Gasteiger partial charge in [0.05, 0.1) is 24.9 Å². The van der Waals surface area contributed by atoms with Crippen LogP contribution in [0.5, 0.6) is 5.75 Å². The Labute approximate surface area is 136 Å². The number of rotatable bonds is 3. The van der Waals surface area contributed by atoms with Gasteiger partial charge < -0.3 is 15.8 Å². The van der Waals surface area contributed by atoms with E-state index in [1.807, 2.05) is 38.1 Å². The summed E-state index contributed by atoms with van der Waals surface area (Å²) in [4.78, 5) is 8.93. The number of hydrogen-bond donors (Lipinski definition) is 2. The van der Waals surface area contributed by atoms with Gasteiger partial charge in [-0.2, -0.15) is 0 Å². The second-order valence-electron chi connectivity index (χ2n) is 5.78. The first-order chi connectivity index (χ1) is 11.1. The van der Waals surface area contributed by atoms with Crippen molar-refractivity contribution in [3.63, 3.8) is 0 Å². The summed E-state index contributed by atoms with van der Waals surface area (Å²) in [5.41, 5.74) is 10.3. The van der Waals surface area contributed by atoms with Crippen LogP contribution < -0.4 is 15.8 Å². The van der Waals surface area contributed by atoms with Crippen molar-refractivity contribution in [2.45, 2.75) is 32.9 Å². The van der Waals surface area contributed by atoms with Crippen molar-refractivity contribution < 1.29 is 4.74 Å². The van der Waals surface area contributed by atoms with E-state index >= 15 is 0 Å². The number of benzene rings is 1. The summed E-state index contributed by atoms with van der Waals surface area (Å²) in [7, 11) is 0. The standard InChI is InChI=1S/C18H22N4O/c1-12-7-8-14(21-13(12)2)11-20-18(19)22-16-9-10-23-17-6-4-3-5-15(16)17/h3-8,16H,9-11H2,1-2H3,(H3,19,20,22). The molecule has 5 heteroatoms. The third-order valence-corrected chi connectivity index (χ3v) is 4.10. The van der Waals surface area contributed by atoms with Gasteiger partial charge in [0.2, 0.25) is 0 Å². The van der Waals surface area contributed by atoms with Crippen molar-refractivity contribution >= 4 is 5.96 Å². The van der Waals surface area contributed by atoms with Gasteiger partial charge in [-0.1, -0.05) is 24.3 Å². The summed E-state index contributed by atoms with van der Waals surface area (Å²) in [6.45, 7) is 5.21. The molecule has 0 spiro atoms. The predicted octanol–water partition coefficient (Wildman–Crippen LogP) is 2.63. The van der Waals surface area contributed by atoms with Gasteiger partial charge in [0.15, 0.2) is 5.96 Å². The molecule has 0 amide bonds. The maximum atomic E-state index is 6.05. The van der Waals surface area contributed by atoms with Crippen molar-refractivity contribution in [1.29, 1.82) is 0 Å². The molecule has 1 aliphatic heterocycles. The third kappa shape index (κ3) is 3.62. The molecule has 3 N–H and O–H groups in total. The molecule has 0 bridgehead atoms. The van der Waals surface area contributed by atoms with Crippen LogP contribution in [0, 0.1) is 13.8 Å². The number of aromatic nitrogens is 1. The first-order valence-electron chi connectivity index (χ1n) is 7.85. The number of nitrogens with one attached hydrogen (secondary N) is 1. The molecule has 0 saturated heterocycles. The molecule has 3 rings (SSSR count). The Hall–Kier alpha value is -2.56. The first-order valence-corrected chi connectivity index (χ1v) is 7.85. The van der Waals surface area contributed by atoms with E-state index in [2.05, 4.69) is 27.4 Å². The fraction of sp³-hybridized carbons (Fsp3) is 0.333. The minimum Gasteiger partial charge on any atom is -0.493 e. The average molecular weight is 310 g/mol. The molecular weight excluding hydrogens is 288 g/mol. The highest BCUT2D eigenvalue weighted by atomic mass is 16.5. The molecule has 2 heterocycles. The molecule has 23 heavy (non-hydrogen) atoms. The van der Waals surface area contributed by atoms with Crippen LogP contribution in [-0.2, 0) is 6.54 Å². The Morgan fingerprint density at radius 2 is 2.13 bits per heavy atom. The van der Waals surface area contributed by atoms with Crippen LogP contribution >= 0.6 is 0 Å². The smallest absolute Gasteiger partial charge is 0.189 e. The average Bonchev–Trinajstić information content (AvgIpc) is 2.56. The van der Waals surface area contributed by atoms with Crippen LogP contribution in [0.2, 0.25) is 0 Å². The molecule has 1 atom stereocenters. The van der Waals surface area contributed by atoms with E-state index in [0.29, 0.717) is 19.1 Å². The van der Waals surface area contributed by atoms with Gasteiger partial charge in [0.25, 0.3) is 0 Å². The fourth-order valence-electron chi connectivity index (χ4n) is 2.65. The number of guanidine groups is 1. The minimum absolute atomic E-state index is 0.136. The van der Waals surface area contributed by atoms with Crippen molar-refractivity contribution in [3.05, 3.63) is 58.9 Å². The molecule has 0 radical (unpaired) electrons. The number of ether oxygens (including phenoxy) is 1. The minimum atomic E-state index is 0.136. The van der Waals surface area contributed by atoms with Gasteiger partial charge in [-0.05, 0) is 31.5 Å². The highest BCUT2D eigenvalue weighted by Gasteiger charge is 2.21. The number of aryl methyl sites for hydroxylation is 2. The molecule has 5 nitrogen and oxygen atoms in total. The Morgan fingerprint density at radius 1 is 1.30 bits per heavy atom. The molecule has 120 valence electrons. The van der Waals surface area contributed by atoms with Crippen LogP contribution in [0.25, 0.3) is 0 Å². The highest BCUT2D eigenvalue weighted by Crippen LogP contribution is 2.31. The van der Waals surface area contributed by atoms with E-state index in [9.17, 15) is 0 Å². The van der Waals surface area contributed by atoms with Crippen molar-refractivity contribution in [1.82, 2.24) is 10.3 Å². The Bertz CT molecular complexity index is 727. The normalized spacial score (nSPS) is 17.3. The molecule has 0 saturated carbocycles. The van der Waals surface area contributed by atoms with Gasteiger partial charge in [-0.25, -0.2) is 4.99 Å². The summed E-state index contributed by atoms with van der Waals surface area (Å²) >= 11 is 0. The molecule has 1 aromatic carbocycles. The number of fused-ring (bicyclic) bond motifs is 1. The fourth-order valence-corrected chi connectivity index (χ4v) is 2.65. The van der Waals surface area contributed by atoms with Crippen molar-refractivity contribution in [2.24, 2.45) is 10.7 Å². The van der Waals surface area contributed by atoms with Crippen LogP contribution in [0.1, 0.15) is 35.0 Å². The number of para-hydroxylation sites is 1. The lowest BCUT2D eigenvalue weighted by molar-refractivity contribution is 0.262. The maximum absolute atomic E-state index is 6.05. The summed E-state index contributed by atoms with van der Waals surface area (Å²) < 4.78 is 5.66. The van der Waals surface area contributed by atoms with E-state index in [-0.39, 0.29) is 6.04 Å². The Morgan fingerprint density at radius 3 is 2.96 bits per heavy atom. The molecule has 1 unspecified atom stereocenters. The number of nitrogens with zero attached hydrogens (tertiary/aromatic N) is 2. The largest absolute Gasteiger partial charge is 0.493 e. The van der Waals surface area contributed by atoms with Crippen molar-refractivity contribution in [2.75, 3.05) is 6.61 Å². The quantitative estimate of drug-likeness (QED) is 0.675. The third-order valence-electron chi connectivity index (χ3n) is 4.10. The van der Waals surface area contributed by atoms with Crippen LogP contribution in [0.4, 0.5) is 0 Å². The summed E-state index contributed by atoms with van der Waals surface area (Å²) in [5.74, 6) is 1.35. The second kappa shape index (κ2) is 6.69. The summed E-state index contributed by atoms with van der Waals surface area (Å²) in [6, 6.07) is 12.2. The molecule has 2 aromatic rings. The molecule has 1 aromatic heterocycles. The second-order valence-corrected chi connectivity index (χ2v) is 5.78. The molecular formula is C18H22N4O. The van der Waals surface area contributed by atoms with Gasteiger partial charge in [-0.15, -0.1) is 0 Å². The van der Waals surface area contributed by atoms with E-state index < -0.39 is 0 Å². The van der Waals surface area contributed by atoms with E-state index in [1.165, 1.54) is 5.56 Å². The van der Waals surface area contributed by atoms with Crippen molar-refractivity contribution in [3.8, 4) is 5.75 Å². The monoisotopic (exact) mass is 310 g/mol. The lowest BCUT2D eigenvalue weighted by Gasteiger charge is -2.26. The van der Waals surface area contributed by atoms with E-state index in [1.54, 1.807) is 0 Å².